The van der Waals surface area contributed by atoms with E-state index in [9.17, 15) is 14.9 Å². The normalized spacial score (nSPS) is 11.3. The predicted octanol–water partition coefficient (Wildman–Crippen LogP) is 1.41. The van der Waals surface area contributed by atoms with Gasteiger partial charge >= 0.3 is 0 Å². The van der Waals surface area contributed by atoms with Crippen molar-refractivity contribution >= 4 is 24.0 Å². The fraction of sp³-hybridized carbons (Fsp3) is 0.417. The Morgan fingerprint density at radius 3 is 2.68 bits per heavy atom. The molecule has 19 heavy (non-hydrogen) atoms. The molecule has 0 fully saturated rings. The minimum absolute atomic E-state index is 0. The van der Waals surface area contributed by atoms with Crippen LogP contribution in [0.25, 0.3) is 0 Å². The predicted molar refractivity (Wildman–Crippen MR) is 75.3 cm³/mol. The molecule has 1 unspecified atom stereocenters. The van der Waals surface area contributed by atoms with Gasteiger partial charge in [-0.2, -0.15) is 0 Å². The number of benzene rings is 1. The van der Waals surface area contributed by atoms with Gasteiger partial charge in [-0.05, 0) is 13.3 Å². The number of rotatable bonds is 6. The smallest absolute Gasteiger partial charge is 0.272 e. The van der Waals surface area contributed by atoms with E-state index in [-0.39, 0.29) is 36.5 Å². The minimum Gasteiger partial charge on any atom is -0.356 e. The van der Waals surface area contributed by atoms with E-state index in [1.807, 2.05) is 0 Å². The molecule has 0 aliphatic rings. The van der Waals surface area contributed by atoms with Crippen molar-refractivity contribution in [3.05, 3.63) is 39.9 Å². The number of nitro groups is 1. The molecule has 0 saturated heterocycles. The number of nitro benzene ring substituents is 1. The van der Waals surface area contributed by atoms with E-state index < -0.39 is 4.92 Å². The molecule has 0 bridgehead atoms. The number of nitrogens with two attached hydrogens (primary N) is 1. The van der Waals surface area contributed by atoms with Gasteiger partial charge in [0, 0.05) is 30.6 Å². The van der Waals surface area contributed by atoms with Gasteiger partial charge in [-0.1, -0.05) is 18.2 Å². The first-order chi connectivity index (χ1) is 8.50. The third-order valence-electron chi connectivity index (χ3n) is 2.41. The van der Waals surface area contributed by atoms with Gasteiger partial charge in [0.1, 0.15) is 0 Å². The second-order valence-corrected chi connectivity index (χ2v) is 4.17. The molecule has 7 heteroatoms. The van der Waals surface area contributed by atoms with Crippen molar-refractivity contribution in [1.29, 1.82) is 0 Å². The van der Waals surface area contributed by atoms with Crippen LogP contribution in [0, 0.1) is 10.1 Å². The van der Waals surface area contributed by atoms with Crippen LogP contribution in [-0.2, 0) is 11.2 Å². The molecule has 1 aromatic carbocycles. The molecule has 0 aliphatic heterocycles. The van der Waals surface area contributed by atoms with E-state index in [2.05, 4.69) is 5.32 Å². The summed E-state index contributed by atoms with van der Waals surface area (Å²) in [5, 5.41) is 13.5. The summed E-state index contributed by atoms with van der Waals surface area (Å²) in [5.74, 6) is -0.136. The summed E-state index contributed by atoms with van der Waals surface area (Å²) in [6.07, 6.45) is 0.693. The van der Waals surface area contributed by atoms with E-state index >= 15 is 0 Å². The fourth-order valence-corrected chi connectivity index (χ4v) is 1.60. The molecule has 1 aromatic rings. The number of para-hydroxylation sites is 1. The van der Waals surface area contributed by atoms with Crippen molar-refractivity contribution in [3.8, 4) is 0 Å². The molecule has 0 aromatic heterocycles. The Hall–Kier alpha value is -1.66. The molecule has 1 rings (SSSR count). The number of carbonyl (C=O) groups is 1. The van der Waals surface area contributed by atoms with E-state index in [0.29, 0.717) is 18.5 Å². The summed E-state index contributed by atoms with van der Waals surface area (Å²) in [6, 6.07) is 6.33. The van der Waals surface area contributed by atoms with Gasteiger partial charge in [-0.25, -0.2) is 0 Å². The molecule has 0 heterocycles. The topological polar surface area (TPSA) is 98.3 Å². The lowest BCUT2D eigenvalue weighted by Gasteiger charge is -2.07. The number of carbonyl (C=O) groups excluding carboxylic acids is 1. The molecular formula is C12H18ClN3O3. The maximum atomic E-state index is 11.3. The summed E-state index contributed by atoms with van der Waals surface area (Å²) in [6.45, 7) is 2.12. The van der Waals surface area contributed by atoms with Crippen LogP contribution in [0.15, 0.2) is 24.3 Å². The molecule has 1 amide bonds. The Balaban J connectivity index is 0.00000324. The fourth-order valence-electron chi connectivity index (χ4n) is 1.60. The molecule has 0 radical (unpaired) electrons. The van der Waals surface area contributed by atoms with E-state index in [1.54, 1.807) is 25.1 Å². The summed E-state index contributed by atoms with van der Waals surface area (Å²) in [4.78, 5) is 21.7. The highest BCUT2D eigenvalue weighted by Gasteiger charge is 2.12. The highest BCUT2D eigenvalue weighted by Crippen LogP contribution is 2.17. The van der Waals surface area contributed by atoms with Crippen molar-refractivity contribution in [2.24, 2.45) is 5.73 Å². The Kier molecular flexibility index (Phi) is 7.71. The summed E-state index contributed by atoms with van der Waals surface area (Å²) in [5.41, 5.74) is 6.19. The van der Waals surface area contributed by atoms with Crippen LogP contribution in [0.5, 0.6) is 0 Å². The highest BCUT2D eigenvalue weighted by atomic mass is 35.5. The van der Waals surface area contributed by atoms with E-state index in [1.165, 1.54) is 6.07 Å². The molecule has 6 nitrogen and oxygen atoms in total. The van der Waals surface area contributed by atoms with Crippen LogP contribution in [0.4, 0.5) is 5.69 Å². The summed E-state index contributed by atoms with van der Waals surface area (Å²) >= 11 is 0. The summed E-state index contributed by atoms with van der Waals surface area (Å²) in [7, 11) is 0. The van der Waals surface area contributed by atoms with Crippen molar-refractivity contribution in [1.82, 2.24) is 5.32 Å². The number of hydrogen-bond acceptors (Lipinski definition) is 4. The average molecular weight is 288 g/mol. The van der Waals surface area contributed by atoms with Crippen LogP contribution < -0.4 is 11.1 Å². The van der Waals surface area contributed by atoms with Gasteiger partial charge in [-0.3, -0.25) is 14.9 Å². The molecule has 106 valence electrons. The highest BCUT2D eigenvalue weighted by molar-refractivity contribution is 5.85. The molecular weight excluding hydrogens is 270 g/mol. The number of hydrogen-bond donors (Lipinski definition) is 2. The van der Waals surface area contributed by atoms with Crippen LogP contribution >= 0.6 is 12.4 Å². The SMILES string of the molecule is CC(N)CC(=O)NCCc1ccccc1[N+](=O)[O-].Cl. The molecule has 1 atom stereocenters. The monoisotopic (exact) mass is 287 g/mol. The third-order valence-corrected chi connectivity index (χ3v) is 2.41. The molecule has 3 N–H and O–H groups in total. The Morgan fingerprint density at radius 1 is 1.47 bits per heavy atom. The Bertz CT molecular complexity index is 438. The van der Waals surface area contributed by atoms with E-state index in [0.717, 1.165) is 0 Å². The van der Waals surface area contributed by atoms with Crippen molar-refractivity contribution in [2.75, 3.05) is 6.54 Å². The second kappa shape index (κ2) is 8.44. The lowest BCUT2D eigenvalue weighted by molar-refractivity contribution is -0.385. The van der Waals surface area contributed by atoms with Crippen LogP contribution in [0.3, 0.4) is 0 Å². The quantitative estimate of drug-likeness (QED) is 0.610. The molecule has 0 saturated carbocycles. The largest absolute Gasteiger partial charge is 0.356 e. The summed E-state index contributed by atoms with van der Waals surface area (Å²) < 4.78 is 0. The maximum absolute atomic E-state index is 11.3. The first kappa shape index (κ1) is 17.3. The van der Waals surface area contributed by atoms with Gasteiger partial charge in [0.25, 0.3) is 5.69 Å². The van der Waals surface area contributed by atoms with Gasteiger partial charge in [0.2, 0.25) is 5.91 Å². The number of halogens is 1. The van der Waals surface area contributed by atoms with Gasteiger partial charge in [0.05, 0.1) is 4.92 Å². The third kappa shape index (κ3) is 6.17. The molecule has 0 spiro atoms. The first-order valence-electron chi connectivity index (χ1n) is 5.75. The maximum Gasteiger partial charge on any atom is 0.272 e. The van der Waals surface area contributed by atoms with Gasteiger partial charge in [0.15, 0.2) is 0 Å². The molecule has 0 aliphatic carbocycles. The lowest BCUT2D eigenvalue weighted by Crippen LogP contribution is -2.31. The number of amides is 1. The number of nitrogens with one attached hydrogen (secondary N) is 1. The van der Waals surface area contributed by atoms with Crippen LogP contribution in [0.2, 0.25) is 0 Å². The Labute approximate surface area is 117 Å². The zero-order valence-corrected chi connectivity index (χ0v) is 11.5. The van der Waals surface area contributed by atoms with Gasteiger partial charge < -0.3 is 11.1 Å². The van der Waals surface area contributed by atoms with Crippen molar-refractivity contribution in [2.45, 2.75) is 25.8 Å². The minimum atomic E-state index is -0.418. The zero-order chi connectivity index (χ0) is 13.5. The number of nitrogens with zero attached hydrogens (tertiary/aromatic N) is 1. The van der Waals surface area contributed by atoms with Crippen molar-refractivity contribution in [3.63, 3.8) is 0 Å². The van der Waals surface area contributed by atoms with Crippen LogP contribution in [0.1, 0.15) is 18.9 Å². The Morgan fingerprint density at radius 2 is 2.11 bits per heavy atom. The first-order valence-corrected chi connectivity index (χ1v) is 5.75. The second-order valence-electron chi connectivity index (χ2n) is 4.17. The van der Waals surface area contributed by atoms with Crippen molar-refractivity contribution < 1.29 is 9.72 Å². The zero-order valence-electron chi connectivity index (χ0n) is 10.7. The standard InChI is InChI=1S/C12H17N3O3.ClH/c1-9(13)8-12(16)14-7-6-10-4-2-3-5-11(10)15(17)18;/h2-5,9H,6-8,13H2,1H3,(H,14,16);1H. The lowest BCUT2D eigenvalue weighted by atomic mass is 10.1. The average Bonchev–Trinajstić information content (AvgIpc) is 2.28. The van der Waals surface area contributed by atoms with Gasteiger partial charge in [-0.15, -0.1) is 12.4 Å². The van der Waals surface area contributed by atoms with E-state index in [4.69, 9.17) is 5.73 Å². The van der Waals surface area contributed by atoms with Crippen LogP contribution in [-0.4, -0.2) is 23.4 Å².